The molecule has 1 fully saturated rings. The van der Waals surface area contributed by atoms with Gasteiger partial charge in [0.25, 0.3) is 5.91 Å². The van der Waals surface area contributed by atoms with Crippen molar-refractivity contribution in [1.82, 2.24) is 10.2 Å². The second kappa shape index (κ2) is 12.7. The average Bonchev–Trinajstić information content (AvgIpc) is 2.83. The third-order valence-corrected chi connectivity index (χ3v) is 5.80. The number of alkyl halides is 3. The van der Waals surface area contributed by atoms with E-state index in [0.717, 1.165) is 38.2 Å². The van der Waals surface area contributed by atoms with Crippen molar-refractivity contribution in [3.8, 4) is 11.5 Å². The Labute approximate surface area is 212 Å². The van der Waals surface area contributed by atoms with E-state index in [0.29, 0.717) is 17.8 Å². The molecule has 36 heavy (non-hydrogen) atoms. The molecule has 0 spiro atoms. The zero-order chi connectivity index (χ0) is 26.1. The summed E-state index contributed by atoms with van der Waals surface area (Å²) in [5, 5.41) is 7.60. The molecule has 0 atom stereocenters. The number of likely N-dealkylation sites (tertiary alicyclic amines) is 1. The zero-order valence-electron chi connectivity index (χ0n) is 19.7. The molecule has 2 aromatic rings. The Balaban J connectivity index is 1.52. The molecule has 8 nitrogen and oxygen atoms in total. The number of ether oxygens (including phenoxy) is 2. The maximum absolute atomic E-state index is 12.6. The van der Waals surface area contributed by atoms with E-state index in [-0.39, 0.29) is 22.4 Å². The molecular weight excluding hydrogens is 501 g/mol. The van der Waals surface area contributed by atoms with Gasteiger partial charge in [0.05, 0.1) is 17.7 Å². The van der Waals surface area contributed by atoms with E-state index in [9.17, 15) is 22.8 Å². The third kappa shape index (κ3) is 8.49. The number of rotatable bonds is 9. The van der Waals surface area contributed by atoms with Crippen LogP contribution in [0.5, 0.6) is 11.5 Å². The molecule has 12 heteroatoms. The number of anilines is 2. The van der Waals surface area contributed by atoms with Gasteiger partial charge in [-0.25, -0.2) is 4.79 Å². The molecule has 1 aliphatic heterocycles. The molecule has 1 saturated heterocycles. The molecule has 0 saturated carbocycles. The first-order valence-corrected chi connectivity index (χ1v) is 11.8. The highest BCUT2D eigenvalue weighted by Crippen LogP contribution is 2.32. The van der Waals surface area contributed by atoms with Crippen molar-refractivity contribution in [2.45, 2.75) is 32.0 Å². The van der Waals surface area contributed by atoms with Gasteiger partial charge in [-0.2, -0.15) is 0 Å². The number of amides is 3. The molecule has 0 unspecified atom stereocenters. The first-order chi connectivity index (χ1) is 17.1. The normalized spacial score (nSPS) is 14.1. The maximum Gasteiger partial charge on any atom is 0.573 e. The minimum Gasteiger partial charge on any atom is -0.496 e. The highest BCUT2D eigenvalue weighted by molar-refractivity contribution is 6.32. The van der Waals surface area contributed by atoms with Crippen LogP contribution >= 0.6 is 11.6 Å². The van der Waals surface area contributed by atoms with Gasteiger partial charge in [0.2, 0.25) is 0 Å². The lowest BCUT2D eigenvalue weighted by atomic mass is 10.1. The molecule has 196 valence electrons. The Bertz CT molecular complexity index is 1060. The minimum atomic E-state index is -4.88. The number of piperidine rings is 1. The van der Waals surface area contributed by atoms with Crippen LogP contribution in [0, 0.1) is 0 Å². The van der Waals surface area contributed by atoms with E-state index in [1.165, 1.54) is 50.6 Å². The van der Waals surface area contributed by atoms with Crippen LogP contribution in [0.25, 0.3) is 0 Å². The van der Waals surface area contributed by atoms with E-state index >= 15 is 0 Å². The Kier molecular flexibility index (Phi) is 9.65. The number of hydrogen-bond acceptors (Lipinski definition) is 5. The Morgan fingerprint density at radius 1 is 1.00 bits per heavy atom. The van der Waals surface area contributed by atoms with E-state index in [4.69, 9.17) is 16.3 Å². The number of benzene rings is 2. The molecule has 1 heterocycles. The first kappa shape index (κ1) is 27.4. The molecule has 2 aromatic carbocycles. The van der Waals surface area contributed by atoms with Crippen LogP contribution in [0.4, 0.5) is 29.3 Å². The number of nitrogens with zero attached hydrogens (tertiary/aromatic N) is 1. The van der Waals surface area contributed by atoms with E-state index < -0.39 is 18.1 Å². The van der Waals surface area contributed by atoms with Gasteiger partial charge in [0.15, 0.2) is 0 Å². The predicted octanol–water partition coefficient (Wildman–Crippen LogP) is 5.50. The molecule has 3 rings (SSSR count). The van der Waals surface area contributed by atoms with E-state index in [2.05, 4.69) is 25.6 Å². The van der Waals surface area contributed by atoms with Crippen LogP contribution in [-0.2, 0) is 0 Å². The fourth-order valence-electron chi connectivity index (χ4n) is 3.82. The summed E-state index contributed by atoms with van der Waals surface area (Å²) in [6.07, 6.45) is -0.314. The van der Waals surface area contributed by atoms with E-state index in [1.54, 1.807) is 0 Å². The van der Waals surface area contributed by atoms with Crippen LogP contribution in [-0.4, -0.2) is 56.5 Å². The zero-order valence-corrected chi connectivity index (χ0v) is 20.5. The lowest BCUT2D eigenvalue weighted by Crippen LogP contribution is -2.33. The first-order valence-electron chi connectivity index (χ1n) is 11.5. The molecule has 1 aliphatic rings. The fraction of sp³-hybridized carbons (Fsp3) is 0.417. The molecule has 0 radical (unpaired) electrons. The van der Waals surface area contributed by atoms with Crippen molar-refractivity contribution in [1.29, 1.82) is 0 Å². The summed E-state index contributed by atoms with van der Waals surface area (Å²) in [5.74, 6) is -0.587. The second-order valence-corrected chi connectivity index (χ2v) is 8.61. The predicted molar refractivity (Wildman–Crippen MR) is 131 cm³/mol. The SMILES string of the molecule is COc1cc(NC(=O)Nc2ccc(OC(F)(F)F)c(Cl)c2)ccc1C(=O)NCCCN1CCCCC1. The highest BCUT2D eigenvalue weighted by Gasteiger charge is 2.32. The smallest absolute Gasteiger partial charge is 0.496 e. The van der Waals surface area contributed by atoms with Gasteiger partial charge >= 0.3 is 12.4 Å². The van der Waals surface area contributed by atoms with Crippen molar-refractivity contribution in [3.63, 3.8) is 0 Å². The summed E-state index contributed by atoms with van der Waals surface area (Å²) in [6, 6.07) is 7.23. The summed E-state index contributed by atoms with van der Waals surface area (Å²) in [7, 11) is 1.42. The van der Waals surface area contributed by atoms with Gasteiger partial charge in [-0.1, -0.05) is 18.0 Å². The Hall–Kier alpha value is -3.18. The molecule has 0 aliphatic carbocycles. The molecule has 3 N–H and O–H groups in total. The van der Waals surface area contributed by atoms with Gasteiger partial charge in [0, 0.05) is 24.0 Å². The van der Waals surface area contributed by atoms with Gasteiger partial charge in [-0.05, 0) is 69.2 Å². The van der Waals surface area contributed by atoms with Crippen molar-refractivity contribution in [2.75, 3.05) is 43.9 Å². The summed E-state index contributed by atoms with van der Waals surface area (Å²) < 4.78 is 46.2. The summed E-state index contributed by atoms with van der Waals surface area (Å²) in [4.78, 5) is 27.3. The largest absolute Gasteiger partial charge is 0.573 e. The van der Waals surface area contributed by atoms with Gasteiger partial charge in [-0.3, -0.25) is 4.79 Å². The number of carbonyl (C=O) groups is 2. The summed E-state index contributed by atoms with van der Waals surface area (Å²) in [5.41, 5.74) is 0.821. The fourth-order valence-corrected chi connectivity index (χ4v) is 4.04. The summed E-state index contributed by atoms with van der Waals surface area (Å²) >= 11 is 5.80. The quantitative estimate of drug-likeness (QED) is 0.374. The van der Waals surface area contributed by atoms with Crippen molar-refractivity contribution in [3.05, 3.63) is 47.0 Å². The van der Waals surface area contributed by atoms with Crippen LogP contribution in [0.2, 0.25) is 5.02 Å². The monoisotopic (exact) mass is 528 g/mol. The summed E-state index contributed by atoms with van der Waals surface area (Å²) in [6.45, 7) is 3.69. The van der Waals surface area contributed by atoms with Crippen LogP contribution in [0.3, 0.4) is 0 Å². The average molecular weight is 529 g/mol. The number of nitrogens with one attached hydrogen (secondary N) is 3. The van der Waals surface area contributed by atoms with Crippen molar-refractivity contribution >= 4 is 34.9 Å². The number of urea groups is 1. The second-order valence-electron chi connectivity index (χ2n) is 8.20. The standard InChI is InChI=1S/C24H28ClF3N4O4/c1-35-21-15-17(6-8-18(21)22(33)29-10-5-13-32-11-3-2-4-12-32)31-23(34)30-16-7-9-20(19(25)14-16)36-24(26,27)28/h6-9,14-15H,2-5,10-13H2,1H3,(H,29,33)(H2,30,31,34). The number of methoxy groups -OCH3 is 1. The lowest BCUT2D eigenvalue weighted by Gasteiger charge is -2.26. The highest BCUT2D eigenvalue weighted by atomic mass is 35.5. The van der Waals surface area contributed by atoms with Crippen molar-refractivity contribution < 1.29 is 32.2 Å². The van der Waals surface area contributed by atoms with Gasteiger partial charge < -0.3 is 30.3 Å². The maximum atomic E-state index is 12.6. The number of hydrogen-bond donors (Lipinski definition) is 3. The molecule has 0 aromatic heterocycles. The van der Waals surface area contributed by atoms with Gasteiger partial charge in [0.1, 0.15) is 11.5 Å². The third-order valence-electron chi connectivity index (χ3n) is 5.50. The topological polar surface area (TPSA) is 91.9 Å². The minimum absolute atomic E-state index is 0.152. The van der Waals surface area contributed by atoms with Crippen LogP contribution in [0.1, 0.15) is 36.0 Å². The molecular formula is C24H28ClF3N4O4. The van der Waals surface area contributed by atoms with Crippen LogP contribution < -0.4 is 25.4 Å². The van der Waals surface area contributed by atoms with Crippen LogP contribution in [0.15, 0.2) is 36.4 Å². The Morgan fingerprint density at radius 3 is 2.31 bits per heavy atom. The lowest BCUT2D eigenvalue weighted by molar-refractivity contribution is -0.274. The van der Waals surface area contributed by atoms with Gasteiger partial charge in [-0.15, -0.1) is 13.2 Å². The van der Waals surface area contributed by atoms with E-state index in [1.807, 2.05) is 0 Å². The molecule has 3 amide bonds. The number of halogens is 4. The Morgan fingerprint density at radius 2 is 1.67 bits per heavy atom. The number of carbonyl (C=O) groups excluding carboxylic acids is 2. The van der Waals surface area contributed by atoms with Crippen molar-refractivity contribution in [2.24, 2.45) is 0 Å². The molecule has 0 bridgehead atoms.